The molecule has 1 heterocycles. The van der Waals surface area contributed by atoms with Crippen molar-refractivity contribution in [2.45, 2.75) is 26.9 Å². The summed E-state index contributed by atoms with van der Waals surface area (Å²) in [5, 5.41) is 8.73. The number of hydrogen-bond donors (Lipinski definition) is 1. The van der Waals surface area contributed by atoms with Gasteiger partial charge in [-0.05, 0) is 31.6 Å². The van der Waals surface area contributed by atoms with E-state index in [4.69, 9.17) is 5.11 Å². The summed E-state index contributed by atoms with van der Waals surface area (Å²) in [5.74, 6) is -0.996. The minimum absolute atomic E-state index is 0.109. The number of rotatable bonds is 4. The molecule has 0 aliphatic carbocycles. The van der Waals surface area contributed by atoms with E-state index in [9.17, 15) is 9.59 Å². The maximum atomic E-state index is 12.3. The monoisotopic (exact) mass is 260 g/mol. The molecule has 0 spiro atoms. The van der Waals surface area contributed by atoms with Crippen molar-refractivity contribution in [3.8, 4) is 0 Å². The molecule has 1 N–H and O–H groups in total. The average Bonchev–Trinajstić information content (AvgIpc) is 2.61. The lowest BCUT2D eigenvalue weighted by molar-refractivity contribution is -0.131. The van der Waals surface area contributed by atoms with Crippen LogP contribution < -0.4 is 5.69 Å². The second-order valence-corrected chi connectivity index (χ2v) is 4.43. The highest BCUT2D eigenvalue weighted by Gasteiger charge is 2.11. The summed E-state index contributed by atoms with van der Waals surface area (Å²) >= 11 is 0. The van der Waals surface area contributed by atoms with Gasteiger partial charge in [0.2, 0.25) is 0 Å². The molecule has 0 fully saturated rings. The Balaban J connectivity index is 2.58. The topological polar surface area (TPSA) is 64.2 Å². The number of benzene rings is 1. The molecule has 0 saturated carbocycles. The summed E-state index contributed by atoms with van der Waals surface area (Å²) in [6, 6.07) is 7.52. The fraction of sp³-hybridized carbons (Fsp3) is 0.286. The van der Waals surface area contributed by atoms with Crippen LogP contribution >= 0.6 is 0 Å². The fourth-order valence-corrected chi connectivity index (χ4v) is 2.24. The minimum Gasteiger partial charge on any atom is -0.478 e. The van der Waals surface area contributed by atoms with Crippen molar-refractivity contribution in [3.63, 3.8) is 0 Å². The summed E-state index contributed by atoms with van der Waals surface area (Å²) in [7, 11) is 0. The van der Waals surface area contributed by atoms with Crippen LogP contribution in [0.15, 0.2) is 40.7 Å². The number of imidazole rings is 1. The third kappa shape index (κ3) is 2.45. The predicted octanol–water partition coefficient (Wildman–Crippen LogP) is 1.85. The van der Waals surface area contributed by atoms with Gasteiger partial charge in [-0.25, -0.2) is 9.59 Å². The highest BCUT2D eigenvalue weighted by Crippen LogP contribution is 2.13. The van der Waals surface area contributed by atoms with Crippen molar-refractivity contribution in [2.75, 3.05) is 0 Å². The molecule has 5 heteroatoms. The van der Waals surface area contributed by atoms with E-state index in [0.29, 0.717) is 18.7 Å². The van der Waals surface area contributed by atoms with E-state index in [1.165, 1.54) is 0 Å². The Bertz CT molecular complexity index is 707. The number of carboxylic acid groups (broad SMARTS) is 1. The fourth-order valence-electron chi connectivity index (χ4n) is 2.24. The summed E-state index contributed by atoms with van der Waals surface area (Å²) in [6.07, 6.45) is 1.13. The van der Waals surface area contributed by atoms with Crippen LogP contribution in [0.2, 0.25) is 0 Å². The largest absolute Gasteiger partial charge is 0.478 e. The zero-order valence-electron chi connectivity index (χ0n) is 11.0. The van der Waals surface area contributed by atoms with Crippen LogP contribution in [0.4, 0.5) is 0 Å². The van der Waals surface area contributed by atoms with E-state index in [1.54, 1.807) is 16.1 Å². The number of carbonyl (C=O) groups is 1. The zero-order valence-corrected chi connectivity index (χ0v) is 11.0. The van der Waals surface area contributed by atoms with Gasteiger partial charge in [0.25, 0.3) is 0 Å². The highest BCUT2D eigenvalue weighted by molar-refractivity contribution is 5.80. The van der Waals surface area contributed by atoms with E-state index in [-0.39, 0.29) is 5.69 Å². The van der Waals surface area contributed by atoms with Gasteiger partial charge < -0.3 is 5.11 Å². The van der Waals surface area contributed by atoms with E-state index in [2.05, 4.69) is 0 Å². The van der Waals surface area contributed by atoms with Gasteiger partial charge in [0.1, 0.15) is 0 Å². The lowest BCUT2D eigenvalue weighted by atomic mass is 10.2. The van der Waals surface area contributed by atoms with Crippen LogP contribution in [0.3, 0.4) is 0 Å². The molecule has 2 rings (SSSR count). The summed E-state index contributed by atoms with van der Waals surface area (Å²) in [5.41, 5.74) is 2.22. The molecule has 0 atom stereocenters. The zero-order chi connectivity index (χ0) is 14.0. The first-order valence-corrected chi connectivity index (χ1v) is 6.12. The van der Waals surface area contributed by atoms with Crippen molar-refractivity contribution in [2.24, 2.45) is 0 Å². The molecular formula is C14H16N2O3. The molecule has 1 aromatic carbocycles. The smallest absolute Gasteiger partial charge is 0.329 e. The number of hydrogen-bond acceptors (Lipinski definition) is 2. The molecule has 5 nitrogen and oxygen atoms in total. The van der Waals surface area contributed by atoms with Crippen molar-refractivity contribution in [1.29, 1.82) is 0 Å². The van der Waals surface area contributed by atoms with Gasteiger partial charge in [0.05, 0.1) is 11.0 Å². The van der Waals surface area contributed by atoms with Crippen LogP contribution in [0.25, 0.3) is 11.0 Å². The molecule has 100 valence electrons. The van der Waals surface area contributed by atoms with Crippen LogP contribution in [0.1, 0.15) is 13.8 Å². The quantitative estimate of drug-likeness (QED) is 0.853. The number of carboxylic acids is 1. The second-order valence-electron chi connectivity index (χ2n) is 4.43. The number of allylic oxidation sites excluding steroid dienone is 1. The third-order valence-corrected chi connectivity index (χ3v) is 3.02. The Kier molecular flexibility index (Phi) is 3.55. The van der Waals surface area contributed by atoms with Gasteiger partial charge in [-0.2, -0.15) is 0 Å². The molecule has 1 aromatic heterocycles. The van der Waals surface area contributed by atoms with Crippen LogP contribution in [0.5, 0.6) is 0 Å². The van der Waals surface area contributed by atoms with Crippen molar-refractivity contribution in [1.82, 2.24) is 9.13 Å². The number of nitrogens with zero attached hydrogens (tertiary/aromatic N) is 2. The van der Waals surface area contributed by atoms with Gasteiger partial charge >= 0.3 is 11.7 Å². The molecule has 0 saturated heterocycles. The SMILES string of the molecule is CCn1c(=O)n(C/C(C)=C/C(=O)O)c2ccccc21. The van der Waals surface area contributed by atoms with Gasteiger partial charge in [-0.15, -0.1) is 0 Å². The van der Waals surface area contributed by atoms with E-state index in [0.717, 1.165) is 17.1 Å². The molecular weight excluding hydrogens is 244 g/mol. The summed E-state index contributed by atoms with van der Waals surface area (Å²) in [4.78, 5) is 22.9. The molecule has 0 aliphatic heterocycles. The third-order valence-electron chi connectivity index (χ3n) is 3.02. The van der Waals surface area contributed by atoms with Gasteiger partial charge in [0.15, 0.2) is 0 Å². The molecule has 0 unspecified atom stereocenters. The Hall–Kier alpha value is -2.30. The van der Waals surface area contributed by atoms with Gasteiger partial charge in [-0.1, -0.05) is 12.1 Å². The summed E-state index contributed by atoms with van der Waals surface area (Å²) < 4.78 is 3.29. The lowest BCUT2D eigenvalue weighted by Crippen LogP contribution is -2.24. The number of para-hydroxylation sites is 2. The van der Waals surface area contributed by atoms with E-state index < -0.39 is 5.97 Å². The van der Waals surface area contributed by atoms with Crippen molar-refractivity contribution in [3.05, 3.63) is 46.4 Å². The normalized spacial score (nSPS) is 12.0. The van der Waals surface area contributed by atoms with Crippen molar-refractivity contribution >= 4 is 17.0 Å². The van der Waals surface area contributed by atoms with Gasteiger partial charge in [0, 0.05) is 19.2 Å². The Morgan fingerprint density at radius 1 is 1.26 bits per heavy atom. The first-order chi connectivity index (χ1) is 9.04. The van der Waals surface area contributed by atoms with Crippen LogP contribution in [0, 0.1) is 0 Å². The molecule has 0 amide bonds. The van der Waals surface area contributed by atoms with Crippen LogP contribution in [-0.2, 0) is 17.9 Å². The molecule has 0 bridgehead atoms. The number of aryl methyl sites for hydroxylation is 1. The molecule has 2 aromatic rings. The number of fused-ring (bicyclic) bond motifs is 1. The predicted molar refractivity (Wildman–Crippen MR) is 73.3 cm³/mol. The Morgan fingerprint density at radius 3 is 2.37 bits per heavy atom. The van der Waals surface area contributed by atoms with Gasteiger partial charge in [-0.3, -0.25) is 9.13 Å². The summed E-state index contributed by atoms with van der Waals surface area (Å²) in [6.45, 7) is 4.50. The Morgan fingerprint density at radius 2 is 1.84 bits per heavy atom. The van der Waals surface area contributed by atoms with E-state index in [1.807, 2.05) is 31.2 Å². The lowest BCUT2D eigenvalue weighted by Gasteiger charge is -2.02. The molecule has 19 heavy (non-hydrogen) atoms. The first-order valence-electron chi connectivity index (χ1n) is 6.12. The molecule has 0 radical (unpaired) electrons. The molecule has 0 aliphatic rings. The second kappa shape index (κ2) is 5.14. The maximum Gasteiger partial charge on any atom is 0.329 e. The van der Waals surface area contributed by atoms with Crippen LogP contribution in [-0.4, -0.2) is 20.2 Å². The van der Waals surface area contributed by atoms with E-state index >= 15 is 0 Å². The standard InChI is InChI=1S/C14H16N2O3/c1-3-15-11-6-4-5-7-12(11)16(14(15)19)9-10(2)8-13(17)18/h4-8H,3,9H2,1-2H3,(H,17,18)/b10-8+. The number of aliphatic carboxylic acids is 1. The first kappa shape index (κ1) is 13.1. The number of aromatic nitrogens is 2. The Labute approximate surface area is 110 Å². The maximum absolute atomic E-state index is 12.3. The highest BCUT2D eigenvalue weighted by atomic mass is 16.4. The average molecular weight is 260 g/mol. The van der Waals surface area contributed by atoms with Crippen molar-refractivity contribution < 1.29 is 9.90 Å². The minimum atomic E-state index is -0.996.